The summed E-state index contributed by atoms with van der Waals surface area (Å²) < 4.78 is 5.63. The van der Waals surface area contributed by atoms with Crippen LogP contribution in [0.15, 0.2) is 42.9 Å². The van der Waals surface area contributed by atoms with Crippen LogP contribution < -0.4 is 15.8 Å². The number of rotatable bonds is 5. The van der Waals surface area contributed by atoms with Crippen LogP contribution in [-0.2, 0) is 0 Å². The molecule has 3 rings (SSSR count). The summed E-state index contributed by atoms with van der Waals surface area (Å²) in [5.41, 5.74) is 6.40. The van der Waals surface area contributed by atoms with E-state index >= 15 is 0 Å². The minimum Gasteiger partial charge on any atom is -0.437 e. The number of benzene rings is 1. The lowest BCUT2D eigenvalue weighted by molar-refractivity contribution is 0.0907. The summed E-state index contributed by atoms with van der Waals surface area (Å²) in [6.07, 6.45) is 9.06. The Morgan fingerprint density at radius 2 is 2.17 bits per heavy atom. The number of nitrogens with zero attached hydrogens (tertiary/aromatic N) is 2. The molecular formula is C18H22N4O2. The molecule has 1 aliphatic rings. The predicted octanol–water partition coefficient (Wildman–Crippen LogP) is 2.52. The van der Waals surface area contributed by atoms with Crippen molar-refractivity contribution in [3.05, 3.63) is 48.4 Å². The normalized spacial score (nSPS) is 20.4. The minimum atomic E-state index is -0.0926. The lowest BCUT2D eigenvalue weighted by Crippen LogP contribution is -2.44. The van der Waals surface area contributed by atoms with E-state index in [9.17, 15) is 4.79 Å². The Labute approximate surface area is 141 Å². The van der Waals surface area contributed by atoms with Gasteiger partial charge < -0.3 is 15.8 Å². The zero-order chi connectivity index (χ0) is 16.8. The first-order valence-electron chi connectivity index (χ1n) is 8.31. The first-order valence-corrected chi connectivity index (χ1v) is 8.31. The van der Waals surface area contributed by atoms with Crippen LogP contribution in [0.2, 0.25) is 0 Å². The van der Waals surface area contributed by atoms with E-state index in [0.29, 0.717) is 29.7 Å². The molecule has 0 spiro atoms. The van der Waals surface area contributed by atoms with Gasteiger partial charge in [0.25, 0.3) is 5.91 Å². The Morgan fingerprint density at radius 3 is 2.96 bits per heavy atom. The van der Waals surface area contributed by atoms with Crippen molar-refractivity contribution in [1.82, 2.24) is 15.3 Å². The molecule has 0 bridgehead atoms. The molecule has 6 heteroatoms. The SMILES string of the molecule is NCC1CCCCC1NC(=O)c1cccc(Oc2cnccn2)c1. The van der Waals surface area contributed by atoms with E-state index in [2.05, 4.69) is 15.3 Å². The van der Waals surface area contributed by atoms with Gasteiger partial charge in [0.05, 0.1) is 6.20 Å². The lowest BCUT2D eigenvalue weighted by atomic mass is 9.84. The third kappa shape index (κ3) is 4.08. The third-order valence-electron chi connectivity index (χ3n) is 4.39. The van der Waals surface area contributed by atoms with Gasteiger partial charge in [-0.05, 0) is 43.5 Å². The highest BCUT2D eigenvalue weighted by molar-refractivity contribution is 5.94. The van der Waals surface area contributed by atoms with E-state index in [-0.39, 0.29) is 11.9 Å². The van der Waals surface area contributed by atoms with Crippen molar-refractivity contribution in [3.63, 3.8) is 0 Å². The maximum Gasteiger partial charge on any atom is 0.251 e. The van der Waals surface area contributed by atoms with E-state index in [4.69, 9.17) is 10.5 Å². The molecule has 0 aliphatic heterocycles. The van der Waals surface area contributed by atoms with Crippen LogP contribution in [-0.4, -0.2) is 28.5 Å². The fraction of sp³-hybridized carbons (Fsp3) is 0.389. The molecule has 1 heterocycles. The van der Waals surface area contributed by atoms with Crippen molar-refractivity contribution in [3.8, 4) is 11.6 Å². The summed E-state index contributed by atoms with van der Waals surface area (Å²) in [6, 6.07) is 7.22. The smallest absolute Gasteiger partial charge is 0.251 e. The molecule has 0 radical (unpaired) electrons. The molecule has 0 saturated heterocycles. The number of hydrogen-bond donors (Lipinski definition) is 2. The van der Waals surface area contributed by atoms with Gasteiger partial charge in [0.2, 0.25) is 5.88 Å². The van der Waals surface area contributed by atoms with Gasteiger partial charge >= 0.3 is 0 Å². The molecule has 1 fully saturated rings. The maximum atomic E-state index is 12.5. The fourth-order valence-electron chi connectivity index (χ4n) is 3.09. The highest BCUT2D eigenvalue weighted by atomic mass is 16.5. The fourth-order valence-corrected chi connectivity index (χ4v) is 3.09. The number of nitrogens with one attached hydrogen (secondary N) is 1. The van der Waals surface area contributed by atoms with E-state index in [1.807, 2.05) is 0 Å². The predicted molar refractivity (Wildman–Crippen MR) is 90.8 cm³/mol. The number of carbonyl (C=O) groups is 1. The molecule has 2 unspecified atom stereocenters. The van der Waals surface area contributed by atoms with Crippen molar-refractivity contribution in [1.29, 1.82) is 0 Å². The molecule has 126 valence electrons. The lowest BCUT2D eigenvalue weighted by Gasteiger charge is -2.31. The summed E-state index contributed by atoms with van der Waals surface area (Å²) in [7, 11) is 0. The van der Waals surface area contributed by atoms with Crippen molar-refractivity contribution in [2.45, 2.75) is 31.7 Å². The number of amides is 1. The molecule has 6 nitrogen and oxygen atoms in total. The Kier molecular flexibility index (Phi) is 5.38. The number of carbonyl (C=O) groups excluding carboxylic acids is 1. The van der Waals surface area contributed by atoms with Crippen molar-refractivity contribution < 1.29 is 9.53 Å². The van der Waals surface area contributed by atoms with Crippen molar-refractivity contribution >= 4 is 5.91 Å². The van der Waals surface area contributed by atoms with E-state index in [1.165, 1.54) is 12.6 Å². The topological polar surface area (TPSA) is 90.1 Å². The van der Waals surface area contributed by atoms with Crippen LogP contribution in [0.1, 0.15) is 36.0 Å². The van der Waals surface area contributed by atoms with E-state index < -0.39 is 0 Å². The number of aromatic nitrogens is 2. The molecule has 1 aromatic heterocycles. The highest BCUT2D eigenvalue weighted by Gasteiger charge is 2.25. The van der Waals surface area contributed by atoms with Crippen LogP contribution in [0.25, 0.3) is 0 Å². The van der Waals surface area contributed by atoms with E-state index in [0.717, 1.165) is 19.3 Å². The Balaban J connectivity index is 1.67. The summed E-state index contributed by atoms with van der Waals surface area (Å²) in [5.74, 6) is 1.22. The molecule has 1 saturated carbocycles. The minimum absolute atomic E-state index is 0.0926. The average molecular weight is 326 g/mol. The van der Waals surface area contributed by atoms with Crippen molar-refractivity contribution in [2.75, 3.05) is 6.54 Å². The monoisotopic (exact) mass is 326 g/mol. The second-order valence-electron chi connectivity index (χ2n) is 6.03. The zero-order valence-corrected chi connectivity index (χ0v) is 13.5. The summed E-state index contributed by atoms with van der Waals surface area (Å²) in [5, 5.41) is 3.12. The van der Waals surface area contributed by atoms with Gasteiger partial charge in [-0.25, -0.2) is 4.98 Å². The van der Waals surface area contributed by atoms with E-state index in [1.54, 1.807) is 36.7 Å². The average Bonchev–Trinajstić information content (AvgIpc) is 2.63. The third-order valence-corrected chi connectivity index (χ3v) is 4.39. The molecule has 3 N–H and O–H groups in total. The van der Waals surface area contributed by atoms with Crippen LogP contribution in [0.4, 0.5) is 0 Å². The van der Waals surface area contributed by atoms with Crippen LogP contribution in [0, 0.1) is 5.92 Å². The second kappa shape index (κ2) is 7.88. The first-order chi connectivity index (χ1) is 11.8. The van der Waals surface area contributed by atoms with Crippen molar-refractivity contribution in [2.24, 2.45) is 11.7 Å². The van der Waals surface area contributed by atoms with Gasteiger partial charge in [0, 0.05) is 24.0 Å². The van der Waals surface area contributed by atoms with Gasteiger partial charge in [-0.2, -0.15) is 0 Å². The largest absolute Gasteiger partial charge is 0.437 e. The molecule has 1 aliphatic carbocycles. The maximum absolute atomic E-state index is 12.5. The molecule has 1 aromatic carbocycles. The highest BCUT2D eigenvalue weighted by Crippen LogP contribution is 2.24. The Bertz CT molecular complexity index is 678. The number of nitrogens with two attached hydrogens (primary N) is 1. The van der Waals surface area contributed by atoms with Gasteiger partial charge in [-0.15, -0.1) is 0 Å². The second-order valence-corrected chi connectivity index (χ2v) is 6.03. The van der Waals surface area contributed by atoms with Crippen LogP contribution in [0.5, 0.6) is 11.6 Å². The molecule has 2 aromatic rings. The molecule has 1 amide bonds. The van der Waals surface area contributed by atoms with Gasteiger partial charge in [-0.3, -0.25) is 9.78 Å². The quantitative estimate of drug-likeness (QED) is 0.881. The standard InChI is InChI=1S/C18H22N4O2/c19-11-14-4-1-2-7-16(14)22-18(23)13-5-3-6-15(10-13)24-17-12-20-8-9-21-17/h3,5-6,8-10,12,14,16H,1-2,4,7,11,19H2,(H,22,23). The Hall–Kier alpha value is -2.47. The summed E-state index contributed by atoms with van der Waals surface area (Å²) in [6.45, 7) is 0.612. The zero-order valence-electron chi connectivity index (χ0n) is 13.5. The van der Waals surface area contributed by atoms with Crippen LogP contribution in [0.3, 0.4) is 0 Å². The Morgan fingerprint density at radius 1 is 1.29 bits per heavy atom. The molecule has 2 atom stereocenters. The van der Waals surface area contributed by atoms with Gasteiger partial charge in [0.15, 0.2) is 0 Å². The first kappa shape index (κ1) is 16.4. The van der Waals surface area contributed by atoms with Crippen LogP contribution >= 0.6 is 0 Å². The molecular weight excluding hydrogens is 304 g/mol. The summed E-state index contributed by atoms with van der Waals surface area (Å²) in [4.78, 5) is 20.6. The van der Waals surface area contributed by atoms with Gasteiger partial charge in [0.1, 0.15) is 5.75 Å². The number of ether oxygens (including phenoxy) is 1. The molecule has 24 heavy (non-hydrogen) atoms. The number of hydrogen-bond acceptors (Lipinski definition) is 5. The van der Waals surface area contributed by atoms with Gasteiger partial charge in [-0.1, -0.05) is 18.9 Å². The summed E-state index contributed by atoms with van der Waals surface area (Å²) >= 11 is 0.